The molecule has 0 fully saturated rings. The zero-order valence-corrected chi connectivity index (χ0v) is 10.2. The molecular formula is C13H15N3O. The monoisotopic (exact) mass is 229 g/mol. The van der Waals surface area contributed by atoms with E-state index in [1.54, 1.807) is 6.92 Å². The average Bonchev–Trinajstić information content (AvgIpc) is 2.28. The number of hydrogen-bond acceptors (Lipinski definition) is 4. The fourth-order valence-corrected chi connectivity index (χ4v) is 1.50. The van der Waals surface area contributed by atoms with E-state index in [1.807, 2.05) is 38.1 Å². The first-order valence-electron chi connectivity index (χ1n) is 5.42. The number of para-hydroxylation sites is 1. The van der Waals surface area contributed by atoms with Crippen LogP contribution < -0.4 is 10.5 Å². The van der Waals surface area contributed by atoms with Gasteiger partial charge in [0.15, 0.2) is 0 Å². The molecule has 0 atom stereocenters. The zero-order valence-electron chi connectivity index (χ0n) is 10.2. The molecule has 0 aliphatic carbocycles. The summed E-state index contributed by atoms with van der Waals surface area (Å²) in [5.74, 6) is 2.37. The highest BCUT2D eigenvalue weighted by Crippen LogP contribution is 2.27. The summed E-state index contributed by atoms with van der Waals surface area (Å²) in [5, 5.41) is 0. The first-order chi connectivity index (χ1) is 8.08. The second kappa shape index (κ2) is 4.41. The number of nitrogens with zero attached hydrogens (tertiary/aromatic N) is 2. The van der Waals surface area contributed by atoms with E-state index < -0.39 is 0 Å². The van der Waals surface area contributed by atoms with Gasteiger partial charge in [0.05, 0.1) is 5.56 Å². The molecule has 4 nitrogen and oxygen atoms in total. The van der Waals surface area contributed by atoms with Crippen molar-refractivity contribution >= 4 is 5.82 Å². The fourth-order valence-electron chi connectivity index (χ4n) is 1.50. The molecule has 0 amide bonds. The van der Waals surface area contributed by atoms with E-state index in [0.717, 1.165) is 16.9 Å². The summed E-state index contributed by atoms with van der Waals surface area (Å²) >= 11 is 0. The topological polar surface area (TPSA) is 61.0 Å². The van der Waals surface area contributed by atoms with Crippen LogP contribution in [0.25, 0.3) is 0 Å². The number of anilines is 1. The van der Waals surface area contributed by atoms with Gasteiger partial charge in [0, 0.05) is 0 Å². The van der Waals surface area contributed by atoms with Gasteiger partial charge in [-0.15, -0.1) is 0 Å². The first-order valence-corrected chi connectivity index (χ1v) is 5.42. The predicted molar refractivity (Wildman–Crippen MR) is 67.2 cm³/mol. The number of rotatable bonds is 2. The quantitative estimate of drug-likeness (QED) is 0.860. The van der Waals surface area contributed by atoms with Gasteiger partial charge in [0.1, 0.15) is 17.4 Å². The molecule has 2 N–H and O–H groups in total. The van der Waals surface area contributed by atoms with E-state index in [1.165, 1.54) is 0 Å². The maximum atomic E-state index is 5.78. The Labute approximate surface area is 100 Å². The van der Waals surface area contributed by atoms with Gasteiger partial charge in [0.2, 0.25) is 5.88 Å². The van der Waals surface area contributed by atoms with Crippen LogP contribution in [0.15, 0.2) is 24.3 Å². The molecule has 0 aliphatic rings. The van der Waals surface area contributed by atoms with E-state index in [-0.39, 0.29) is 0 Å². The summed E-state index contributed by atoms with van der Waals surface area (Å²) < 4.78 is 5.77. The maximum Gasteiger partial charge on any atom is 0.227 e. The van der Waals surface area contributed by atoms with Crippen LogP contribution in [0.2, 0.25) is 0 Å². The van der Waals surface area contributed by atoms with Crippen molar-refractivity contribution in [1.29, 1.82) is 0 Å². The number of nitrogens with two attached hydrogens (primary N) is 1. The molecule has 0 bridgehead atoms. The molecule has 1 aromatic carbocycles. The van der Waals surface area contributed by atoms with Crippen molar-refractivity contribution in [3.8, 4) is 11.6 Å². The second-order valence-electron chi connectivity index (χ2n) is 3.95. The highest BCUT2D eigenvalue weighted by Gasteiger charge is 2.09. The molecule has 4 heteroatoms. The van der Waals surface area contributed by atoms with Crippen molar-refractivity contribution in [2.75, 3.05) is 5.73 Å². The third-order valence-corrected chi connectivity index (χ3v) is 2.55. The van der Waals surface area contributed by atoms with Crippen molar-refractivity contribution in [3.63, 3.8) is 0 Å². The SMILES string of the molecule is Cc1nc(N)c(C)c(Oc2ccccc2C)n1. The summed E-state index contributed by atoms with van der Waals surface area (Å²) in [6.45, 7) is 5.63. The highest BCUT2D eigenvalue weighted by atomic mass is 16.5. The van der Waals surface area contributed by atoms with Crippen LogP contribution in [0.4, 0.5) is 5.82 Å². The Morgan fingerprint density at radius 3 is 2.47 bits per heavy atom. The van der Waals surface area contributed by atoms with E-state index >= 15 is 0 Å². The van der Waals surface area contributed by atoms with Crippen LogP contribution in [-0.4, -0.2) is 9.97 Å². The van der Waals surface area contributed by atoms with E-state index in [4.69, 9.17) is 10.5 Å². The van der Waals surface area contributed by atoms with Gasteiger partial charge < -0.3 is 10.5 Å². The molecule has 2 aromatic rings. The lowest BCUT2D eigenvalue weighted by Gasteiger charge is -2.11. The summed E-state index contributed by atoms with van der Waals surface area (Å²) in [5.41, 5.74) is 7.60. The largest absolute Gasteiger partial charge is 0.438 e. The third kappa shape index (κ3) is 2.36. The number of aryl methyl sites for hydroxylation is 2. The number of ether oxygens (including phenoxy) is 1. The lowest BCUT2D eigenvalue weighted by Crippen LogP contribution is -2.02. The predicted octanol–water partition coefficient (Wildman–Crippen LogP) is 2.78. The second-order valence-corrected chi connectivity index (χ2v) is 3.95. The van der Waals surface area contributed by atoms with Crippen molar-refractivity contribution < 1.29 is 4.74 Å². The normalized spacial score (nSPS) is 10.3. The molecule has 0 spiro atoms. The molecule has 1 aromatic heterocycles. The molecule has 0 saturated heterocycles. The Morgan fingerprint density at radius 1 is 1.06 bits per heavy atom. The summed E-state index contributed by atoms with van der Waals surface area (Å²) in [6.07, 6.45) is 0. The summed E-state index contributed by atoms with van der Waals surface area (Å²) in [7, 11) is 0. The minimum absolute atomic E-state index is 0.459. The number of benzene rings is 1. The van der Waals surface area contributed by atoms with Gasteiger partial charge in [-0.3, -0.25) is 0 Å². The lowest BCUT2D eigenvalue weighted by molar-refractivity contribution is 0.453. The number of nitrogen functional groups attached to an aromatic ring is 1. The maximum absolute atomic E-state index is 5.78. The summed E-state index contributed by atoms with van der Waals surface area (Å²) in [4.78, 5) is 8.34. The van der Waals surface area contributed by atoms with Crippen LogP contribution in [0.3, 0.4) is 0 Å². The average molecular weight is 229 g/mol. The van der Waals surface area contributed by atoms with Crippen molar-refractivity contribution in [2.24, 2.45) is 0 Å². The molecule has 0 radical (unpaired) electrons. The van der Waals surface area contributed by atoms with E-state index in [2.05, 4.69) is 9.97 Å². The van der Waals surface area contributed by atoms with Gasteiger partial charge in [-0.05, 0) is 32.4 Å². The number of aromatic nitrogens is 2. The van der Waals surface area contributed by atoms with Crippen LogP contribution in [-0.2, 0) is 0 Å². The Kier molecular flexibility index (Phi) is 2.95. The van der Waals surface area contributed by atoms with E-state index in [0.29, 0.717) is 17.5 Å². The fraction of sp³-hybridized carbons (Fsp3) is 0.231. The first kappa shape index (κ1) is 11.4. The van der Waals surface area contributed by atoms with Gasteiger partial charge in [-0.25, -0.2) is 4.98 Å². The Hall–Kier alpha value is -2.10. The van der Waals surface area contributed by atoms with Gasteiger partial charge >= 0.3 is 0 Å². The highest BCUT2D eigenvalue weighted by molar-refractivity contribution is 5.46. The lowest BCUT2D eigenvalue weighted by atomic mass is 10.2. The van der Waals surface area contributed by atoms with Crippen molar-refractivity contribution in [3.05, 3.63) is 41.2 Å². The molecule has 0 saturated carbocycles. The summed E-state index contributed by atoms with van der Waals surface area (Å²) in [6, 6.07) is 7.79. The minimum Gasteiger partial charge on any atom is -0.438 e. The molecule has 2 rings (SSSR count). The molecule has 1 heterocycles. The Morgan fingerprint density at radius 2 is 1.76 bits per heavy atom. The Bertz CT molecular complexity index is 552. The Balaban J connectivity index is 2.40. The standard InChI is InChI=1S/C13H15N3O/c1-8-6-4-5-7-11(8)17-13-9(2)12(14)15-10(3)16-13/h4-7H,1-3H3,(H2,14,15,16). The van der Waals surface area contributed by atoms with Gasteiger partial charge in [-0.2, -0.15) is 4.98 Å². The molecule has 17 heavy (non-hydrogen) atoms. The van der Waals surface area contributed by atoms with Crippen molar-refractivity contribution in [1.82, 2.24) is 9.97 Å². The smallest absolute Gasteiger partial charge is 0.227 e. The van der Waals surface area contributed by atoms with Crippen LogP contribution >= 0.6 is 0 Å². The van der Waals surface area contributed by atoms with Gasteiger partial charge in [0.25, 0.3) is 0 Å². The van der Waals surface area contributed by atoms with Crippen molar-refractivity contribution in [2.45, 2.75) is 20.8 Å². The third-order valence-electron chi connectivity index (χ3n) is 2.55. The minimum atomic E-state index is 0.459. The zero-order chi connectivity index (χ0) is 12.4. The molecule has 0 aliphatic heterocycles. The number of hydrogen-bond donors (Lipinski definition) is 1. The molecule has 0 unspecified atom stereocenters. The molecule has 88 valence electrons. The van der Waals surface area contributed by atoms with Crippen LogP contribution in [0.5, 0.6) is 11.6 Å². The van der Waals surface area contributed by atoms with Gasteiger partial charge in [-0.1, -0.05) is 18.2 Å². The van der Waals surface area contributed by atoms with Crippen LogP contribution in [0.1, 0.15) is 17.0 Å². The van der Waals surface area contributed by atoms with E-state index in [9.17, 15) is 0 Å². The van der Waals surface area contributed by atoms with Crippen LogP contribution in [0, 0.1) is 20.8 Å². The molecular weight excluding hydrogens is 214 g/mol.